The van der Waals surface area contributed by atoms with Crippen LogP contribution in [0.2, 0.25) is 0 Å². The maximum Gasteiger partial charge on any atom is 0.251 e. The average molecular weight is 407 g/mol. The van der Waals surface area contributed by atoms with E-state index in [2.05, 4.69) is 16.0 Å². The Morgan fingerprint density at radius 2 is 1.80 bits per heavy atom. The molecule has 2 aromatic carbocycles. The molecule has 0 aromatic heterocycles. The predicted molar refractivity (Wildman–Crippen MR) is 112 cm³/mol. The lowest BCUT2D eigenvalue weighted by molar-refractivity contribution is -0.115. The average Bonchev–Trinajstić information content (AvgIpc) is 3.37. The molecule has 7 nitrogen and oxygen atoms in total. The van der Waals surface area contributed by atoms with Gasteiger partial charge in [0.15, 0.2) is 0 Å². The van der Waals surface area contributed by atoms with E-state index in [-0.39, 0.29) is 42.5 Å². The van der Waals surface area contributed by atoms with Gasteiger partial charge in [-0.2, -0.15) is 0 Å². The van der Waals surface area contributed by atoms with Crippen molar-refractivity contribution in [1.82, 2.24) is 10.6 Å². The summed E-state index contributed by atoms with van der Waals surface area (Å²) in [6.07, 6.45) is 3.28. The Morgan fingerprint density at radius 3 is 2.50 bits per heavy atom. The number of ether oxygens (including phenoxy) is 1. The smallest absolute Gasteiger partial charge is 0.251 e. The molecule has 0 aliphatic carbocycles. The highest BCUT2D eigenvalue weighted by Gasteiger charge is 2.41. The molecule has 3 N–H and O–H groups in total. The van der Waals surface area contributed by atoms with E-state index >= 15 is 0 Å². The molecule has 0 saturated carbocycles. The summed E-state index contributed by atoms with van der Waals surface area (Å²) >= 11 is 0. The molecule has 2 aromatic rings. The van der Waals surface area contributed by atoms with Crippen LogP contribution in [-0.4, -0.2) is 42.5 Å². The van der Waals surface area contributed by atoms with Gasteiger partial charge in [-0.1, -0.05) is 24.3 Å². The molecule has 156 valence electrons. The van der Waals surface area contributed by atoms with E-state index < -0.39 is 0 Å². The molecular formula is C23H25N3O4. The fraction of sp³-hybridized carbons (Fsp3) is 0.348. The third-order valence-electron chi connectivity index (χ3n) is 5.64. The molecule has 0 spiro atoms. The molecular weight excluding hydrogens is 382 g/mol. The van der Waals surface area contributed by atoms with Crippen molar-refractivity contribution in [3.8, 4) is 0 Å². The van der Waals surface area contributed by atoms with E-state index in [9.17, 15) is 14.4 Å². The minimum Gasteiger partial charge on any atom is -0.373 e. The molecule has 0 unspecified atom stereocenters. The number of aryl methyl sites for hydroxylation is 1. The first-order valence-corrected chi connectivity index (χ1v) is 10.2. The molecule has 4 rings (SSSR count). The van der Waals surface area contributed by atoms with Gasteiger partial charge >= 0.3 is 0 Å². The number of anilines is 1. The van der Waals surface area contributed by atoms with Crippen LogP contribution in [0.4, 0.5) is 5.69 Å². The summed E-state index contributed by atoms with van der Waals surface area (Å²) in [7, 11) is 0. The van der Waals surface area contributed by atoms with Gasteiger partial charge in [0.05, 0.1) is 24.8 Å². The molecule has 2 fully saturated rings. The van der Waals surface area contributed by atoms with Crippen molar-refractivity contribution in [2.75, 3.05) is 11.9 Å². The summed E-state index contributed by atoms with van der Waals surface area (Å²) in [5, 5.41) is 8.42. The molecule has 2 saturated heterocycles. The van der Waals surface area contributed by atoms with Crippen molar-refractivity contribution >= 4 is 23.4 Å². The van der Waals surface area contributed by atoms with Crippen LogP contribution in [0.25, 0.3) is 0 Å². The zero-order chi connectivity index (χ0) is 21.1. The highest BCUT2D eigenvalue weighted by molar-refractivity contribution is 6.01. The van der Waals surface area contributed by atoms with E-state index in [1.807, 2.05) is 13.0 Å². The van der Waals surface area contributed by atoms with Crippen molar-refractivity contribution in [3.63, 3.8) is 0 Å². The molecule has 30 heavy (non-hydrogen) atoms. The van der Waals surface area contributed by atoms with Gasteiger partial charge in [0, 0.05) is 16.8 Å². The maximum atomic E-state index is 12.7. The highest BCUT2D eigenvalue weighted by atomic mass is 16.5. The fourth-order valence-corrected chi connectivity index (χ4v) is 3.99. The molecule has 2 aliphatic rings. The number of carbonyl (C=O) groups excluding carboxylic acids is 3. The van der Waals surface area contributed by atoms with Gasteiger partial charge in [-0.15, -0.1) is 0 Å². The number of fused-ring (bicyclic) bond motifs is 2. The molecule has 2 aliphatic heterocycles. The van der Waals surface area contributed by atoms with Crippen LogP contribution < -0.4 is 16.0 Å². The van der Waals surface area contributed by atoms with Crippen LogP contribution in [0.5, 0.6) is 0 Å². The second-order valence-electron chi connectivity index (χ2n) is 7.82. The van der Waals surface area contributed by atoms with Gasteiger partial charge < -0.3 is 20.7 Å². The Hall–Kier alpha value is -3.19. The number of hydrogen-bond acceptors (Lipinski definition) is 4. The summed E-state index contributed by atoms with van der Waals surface area (Å²) in [6.45, 7) is 1.69. The van der Waals surface area contributed by atoms with Gasteiger partial charge in [-0.3, -0.25) is 14.4 Å². The van der Waals surface area contributed by atoms with E-state index in [0.29, 0.717) is 16.8 Å². The van der Waals surface area contributed by atoms with Crippen molar-refractivity contribution < 1.29 is 19.1 Å². The van der Waals surface area contributed by atoms with Gasteiger partial charge in [-0.05, 0) is 56.0 Å². The lowest BCUT2D eigenvalue weighted by Gasteiger charge is -2.20. The van der Waals surface area contributed by atoms with Crippen LogP contribution in [0.1, 0.15) is 45.5 Å². The number of amides is 3. The second kappa shape index (κ2) is 8.67. The van der Waals surface area contributed by atoms with Gasteiger partial charge in [0.2, 0.25) is 5.91 Å². The first-order chi connectivity index (χ1) is 14.5. The van der Waals surface area contributed by atoms with Gasteiger partial charge in [-0.25, -0.2) is 0 Å². The number of carbonyl (C=O) groups is 3. The summed E-state index contributed by atoms with van der Waals surface area (Å²) in [6, 6.07) is 13.9. The Balaban J connectivity index is 1.34. The normalized spacial score (nSPS) is 21.8. The van der Waals surface area contributed by atoms with Gasteiger partial charge in [0.25, 0.3) is 11.8 Å². The maximum absolute atomic E-state index is 12.7. The summed E-state index contributed by atoms with van der Waals surface area (Å²) in [4.78, 5) is 37.0. The minimum atomic E-state index is -0.360. The molecule has 3 amide bonds. The third kappa shape index (κ3) is 4.52. The van der Waals surface area contributed by atoms with E-state index in [1.165, 1.54) is 0 Å². The van der Waals surface area contributed by atoms with Crippen molar-refractivity contribution in [2.45, 2.75) is 44.4 Å². The Labute approximate surface area is 175 Å². The highest BCUT2D eigenvalue weighted by Crippen LogP contribution is 2.34. The molecule has 2 bridgehead atoms. The Kier molecular flexibility index (Phi) is 5.81. The monoisotopic (exact) mass is 407 g/mol. The van der Waals surface area contributed by atoms with Crippen LogP contribution in [0.3, 0.4) is 0 Å². The molecule has 0 radical (unpaired) electrons. The first kappa shape index (κ1) is 20.1. The molecule has 3 atom stereocenters. The number of rotatable bonds is 6. The number of nitrogens with one attached hydrogen (secondary N) is 3. The Bertz CT molecular complexity index is 960. The van der Waals surface area contributed by atoms with Crippen LogP contribution in [0.15, 0.2) is 48.5 Å². The zero-order valence-corrected chi connectivity index (χ0v) is 16.8. The van der Waals surface area contributed by atoms with Gasteiger partial charge in [0.1, 0.15) is 0 Å². The molecule has 7 heteroatoms. The van der Waals surface area contributed by atoms with Crippen LogP contribution in [-0.2, 0) is 9.53 Å². The number of benzene rings is 2. The summed E-state index contributed by atoms with van der Waals surface area (Å²) in [5.74, 6) is -0.853. The van der Waals surface area contributed by atoms with Crippen molar-refractivity contribution in [2.24, 2.45) is 0 Å². The minimum absolute atomic E-state index is 0.0452. The van der Waals surface area contributed by atoms with E-state index in [1.54, 1.807) is 42.5 Å². The first-order valence-electron chi connectivity index (χ1n) is 10.2. The standard InChI is InChI=1S/C23H25N3O4/c1-14-7-8-16(23(29)26-19-12-17-9-10-20(19)30-17)11-18(14)25-21(27)13-24-22(28)15-5-3-2-4-6-15/h2-8,11,17,19-20H,9-10,12-13H2,1H3,(H,24,28)(H,25,27)(H,26,29)/t17-,19+,20+/m0/s1. The zero-order valence-electron chi connectivity index (χ0n) is 16.8. The van der Waals surface area contributed by atoms with Crippen molar-refractivity contribution in [3.05, 3.63) is 65.2 Å². The summed E-state index contributed by atoms with van der Waals surface area (Å²) in [5.41, 5.74) is 2.35. The van der Waals surface area contributed by atoms with Crippen LogP contribution in [0, 0.1) is 6.92 Å². The van der Waals surface area contributed by atoms with E-state index in [0.717, 1.165) is 24.8 Å². The third-order valence-corrected chi connectivity index (χ3v) is 5.64. The molecule has 2 heterocycles. The second-order valence-corrected chi connectivity index (χ2v) is 7.82. The van der Waals surface area contributed by atoms with E-state index in [4.69, 9.17) is 4.74 Å². The summed E-state index contributed by atoms with van der Waals surface area (Å²) < 4.78 is 5.79. The SMILES string of the molecule is Cc1ccc(C(=O)N[C@@H]2C[C@@H]3CC[C@H]2O3)cc1NC(=O)CNC(=O)c1ccccc1. The Morgan fingerprint density at radius 1 is 1.00 bits per heavy atom. The largest absolute Gasteiger partial charge is 0.373 e. The topological polar surface area (TPSA) is 96.5 Å². The lowest BCUT2D eigenvalue weighted by Crippen LogP contribution is -2.41. The number of hydrogen-bond donors (Lipinski definition) is 3. The lowest BCUT2D eigenvalue weighted by atomic mass is 9.95. The van der Waals surface area contributed by atoms with Crippen molar-refractivity contribution in [1.29, 1.82) is 0 Å². The predicted octanol–water partition coefficient (Wildman–Crippen LogP) is 2.41. The quantitative estimate of drug-likeness (QED) is 0.685. The van der Waals surface area contributed by atoms with Crippen LogP contribution >= 0.6 is 0 Å². The fourth-order valence-electron chi connectivity index (χ4n) is 3.99.